The van der Waals surface area contributed by atoms with Gasteiger partial charge in [0.25, 0.3) is 5.91 Å². The van der Waals surface area contributed by atoms with E-state index in [1.54, 1.807) is 24.3 Å². The summed E-state index contributed by atoms with van der Waals surface area (Å²) in [5.41, 5.74) is 2.72. The minimum atomic E-state index is -0.601. The lowest BCUT2D eigenvalue weighted by atomic mass is 10.2. The van der Waals surface area contributed by atoms with Crippen LogP contribution in [-0.4, -0.2) is 30.9 Å². The molecule has 0 bridgehead atoms. The third-order valence-corrected chi connectivity index (χ3v) is 5.79. The number of benzene rings is 2. The summed E-state index contributed by atoms with van der Waals surface area (Å²) >= 11 is 13.6. The maximum Gasteiger partial charge on any atom is 0.278 e. The Labute approximate surface area is 203 Å². The van der Waals surface area contributed by atoms with Crippen LogP contribution in [0.1, 0.15) is 27.6 Å². The fraction of sp³-hybridized carbons (Fsp3) is 0.136. The summed E-state index contributed by atoms with van der Waals surface area (Å²) in [6.07, 6.45) is 0. The van der Waals surface area contributed by atoms with Crippen LogP contribution in [-0.2, 0) is 5.75 Å². The average Bonchev–Trinajstić information content (AvgIpc) is 3.16. The first-order valence-electron chi connectivity index (χ1n) is 9.72. The molecule has 0 fully saturated rings. The van der Waals surface area contributed by atoms with Gasteiger partial charge in [-0.05, 0) is 50.2 Å². The summed E-state index contributed by atoms with van der Waals surface area (Å²) in [7, 11) is 0. The van der Waals surface area contributed by atoms with Crippen molar-refractivity contribution in [2.45, 2.75) is 24.8 Å². The molecular weight excluding hydrogens is 486 g/mol. The summed E-state index contributed by atoms with van der Waals surface area (Å²) in [6.45, 7) is 3.76. The first kappa shape index (κ1) is 23.2. The van der Waals surface area contributed by atoms with Crippen LogP contribution in [0.2, 0.25) is 10.0 Å². The van der Waals surface area contributed by atoms with Gasteiger partial charge in [0.1, 0.15) is 5.82 Å². The fourth-order valence-corrected chi connectivity index (χ4v) is 4.57. The van der Waals surface area contributed by atoms with E-state index in [9.17, 15) is 9.18 Å². The molecule has 0 aliphatic carbocycles. The monoisotopic (exact) mass is 502 g/mol. The number of aromatic nitrogens is 5. The van der Waals surface area contributed by atoms with Gasteiger partial charge in [0.05, 0.1) is 17.1 Å². The highest BCUT2D eigenvalue weighted by Gasteiger charge is 2.23. The zero-order chi connectivity index (χ0) is 23.5. The number of carbonyl (C=O) groups excluding carboxylic acids is 1. The minimum Gasteiger partial charge on any atom is -0.318 e. The zero-order valence-corrected chi connectivity index (χ0v) is 19.8. The molecule has 11 heteroatoms. The highest BCUT2D eigenvalue weighted by atomic mass is 35.5. The van der Waals surface area contributed by atoms with Gasteiger partial charge in [-0.25, -0.2) is 19.0 Å². The van der Waals surface area contributed by atoms with E-state index in [0.717, 1.165) is 11.4 Å². The van der Waals surface area contributed by atoms with Gasteiger partial charge in [0.2, 0.25) is 0 Å². The van der Waals surface area contributed by atoms with Crippen molar-refractivity contribution in [3.8, 4) is 5.69 Å². The molecule has 0 aliphatic heterocycles. The lowest BCUT2D eigenvalue weighted by molar-refractivity contribution is 0.102. The van der Waals surface area contributed by atoms with Gasteiger partial charge in [-0.15, -0.1) is 5.10 Å². The van der Waals surface area contributed by atoms with Crippen molar-refractivity contribution in [1.82, 2.24) is 25.0 Å². The second-order valence-corrected chi connectivity index (χ2v) is 8.90. The Morgan fingerprint density at radius 1 is 1.06 bits per heavy atom. The lowest BCUT2D eigenvalue weighted by Gasteiger charge is -2.10. The summed E-state index contributed by atoms with van der Waals surface area (Å²) in [5.74, 6) is -0.893. The summed E-state index contributed by atoms with van der Waals surface area (Å²) < 4.78 is 15.5. The molecule has 2 heterocycles. The van der Waals surface area contributed by atoms with Gasteiger partial charge in [0.15, 0.2) is 10.9 Å². The van der Waals surface area contributed by atoms with Crippen molar-refractivity contribution < 1.29 is 9.18 Å². The largest absolute Gasteiger partial charge is 0.318 e. The Kier molecular flexibility index (Phi) is 6.92. The molecule has 4 aromatic rings. The number of nitrogens with one attached hydrogen (secondary N) is 1. The van der Waals surface area contributed by atoms with E-state index in [-0.39, 0.29) is 17.1 Å². The normalized spacial score (nSPS) is 10.9. The number of aryl methyl sites for hydroxylation is 2. The van der Waals surface area contributed by atoms with Gasteiger partial charge in [-0.1, -0.05) is 52.3 Å². The lowest BCUT2D eigenvalue weighted by Crippen LogP contribution is -2.16. The third kappa shape index (κ3) is 5.50. The van der Waals surface area contributed by atoms with Crippen LogP contribution in [0, 0.1) is 19.7 Å². The SMILES string of the molecule is Cc1cc(C)nc(SCc2c(C(=O)Nc3ccccc3F)nnn2-c2cc(Cl)cc(Cl)c2)n1. The Morgan fingerprint density at radius 3 is 2.39 bits per heavy atom. The van der Waals surface area contributed by atoms with Crippen molar-refractivity contribution >= 4 is 46.6 Å². The summed E-state index contributed by atoms with van der Waals surface area (Å²) in [5, 5.41) is 12.1. The van der Waals surface area contributed by atoms with Gasteiger partial charge < -0.3 is 5.32 Å². The number of nitrogens with zero attached hydrogens (tertiary/aromatic N) is 5. The van der Waals surface area contributed by atoms with E-state index in [1.165, 1.54) is 34.6 Å². The molecule has 0 saturated heterocycles. The molecule has 2 aromatic carbocycles. The molecule has 0 spiro atoms. The predicted octanol–water partition coefficient (Wildman–Crippen LogP) is 5.66. The predicted molar refractivity (Wildman–Crippen MR) is 127 cm³/mol. The number of anilines is 1. The van der Waals surface area contributed by atoms with Crippen molar-refractivity contribution in [1.29, 1.82) is 0 Å². The van der Waals surface area contributed by atoms with Gasteiger partial charge in [-0.2, -0.15) is 0 Å². The number of hydrogen-bond donors (Lipinski definition) is 1. The van der Waals surface area contributed by atoms with Crippen LogP contribution in [0.3, 0.4) is 0 Å². The standard InChI is InChI=1S/C22H17Cl2FN6OS/c1-12-7-13(2)27-22(26-12)33-11-19-20(21(32)28-18-6-4-3-5-17(18)25)29-30-31(19)16-9-14(23)8-15(24)10-16/h3-10H,11H2,1-2H3,(H,28,32). The molecule has 168 valence electrons. The second kappa shape index (κ2) is 9.86. The number of halogens is 3. The Balaban J connectivity index is 1.72. The molecular formula is C22H17Cl2FN6OS. The molecule has 0 unspecified atom stereocenters. The minimum absolute atomic E-state index is 0.0335. The van der Waals surface area contributed by atoms with E-state index in [2.05, 4.69) is 25.6 Å². The number of thioether (sulfide) groups is 1. The number of amides is 1. The molecule has 0 aliphatic rings. The molecule has 2 aromatic heterocycles. The molecule has 1 N–H and O–H groups in total. The second-order valence-electron chi connectivity index (χ2n) is 7.08. The summed E-state index contributed by atoms with van der Waals surface area (Å²) in [6, 6.07) is 12.7. The quantitative estimate of drug-likeness (QED) is 0.270. The third-order valence-electron chi connectivity index (χ3n) is 4.49. The zero-order valence-electron chi connectivity index (χ0n) is 17.5. The van der Waals surface area contributed by atoms with E-state index in [0.29, 0.717) is 26.6 Å². The van der Waals surface area contributed by atoms with E-state index in [4.69, 9.17) is 23.2 Å². The van der Waals surface area contributed by atoms with E-state index in [1.807, 2.05) is 19.9 Å². The van der Waals surface area contributed by atoms with Crippen LogP contribution in [0.4, 0.5) is 10.1 Å². The molecule has 7 nitrogen and oxygen atoms in total. The molecule has 4 rings (SSSR count). The number of carbonyl (C=O) groups is 1. The first-order valence-corrected chi connectivity index (χ1v) is 11.5. The van der Waals surface area contributed by atoms with Gasteiger partial charge in [0, 0.05) is 27.2 Å². The van der Waals surface area contributed by atoms with Crippen LogP contribution in [0.5, 0.6) is 0 Å². The Bertz CT molecular complexity index is 1310. The van der Waals surface area contributed by atoms with Crippen molar-refractivity contribution in [3.63, 3.8) is 0 Å². The van der Waals surface area contributed by atoms with Gasteiger partial charge >= 0.3 is 0 Å². The highest BCUT2D eigenvalue weighted by molar-refractivity contribution is 7.98. The average molecular weight is 503 g/mol. The van der Waals surface area contributed by atoms with Crippen LogP contribution in [0.15, 0.2) is 53.7 Å². The molecule has 0 saturated carbocycles. The fourth-order valence-electron chi connectivity index (χ4n) is 3.11. The maximum absolute atomic E-state index is 14.1. The van der Waals surface area contributed by atoms with Crippen molar-refractivity contribution in [3.05, 3.63) is 87.2 Å². The van der Waals surface area contributed by atoms with Crippen molar-refractivity contribution in [2.75, 3.05) is 5.32 Å². The van der Waals surface area contributed by atoms with E-state index < -0.39 is 11.7 Å². The Hall–Kier alpha value is -3.01. The first-order chi connectivity index (χ1) is 15.8. The molecule has 0 radical (unpaired) electrons. The Morgan fingerprint density at radius 2 is 1.73 bits per heavy atom. The van der Waals surface area contributed by atoms with Crippen LogP contribution < -0.4 is 5.32 Å². The smallest absolute Gasteiger partial charge is 0.278 e. The van der Waals surface area contributed by atoms with E-state index >= 15 is 0 Å². The number of para-hydroxylation sites is 1. The van der Waals surface area contributed by atoms with Gasteiger partial charge in [-0.3, -0.25) is 4.79 Å². The topological polar surface area (TPSA) is 85.6 Å². The number of hydrogen-bond acceptors (Lipinski definition) is 6. The maximum atomic E-state index is 14.1. The molecule has 1 amide bonds. The van der Waals surface area contributed by atoms with Crippen LogP contribution >= 0.6 is 35.0 Å². The number of rotatable bonds is 6. The summed E-state index contributed by atoms with van der Waals surface area (Å²) in [4.78, 5) is 21.9. The van der Waals surface area contributed by atoms with Crippen LogP contribution in [0.25, 0.3) is 5.69 Å². The highest BCUT2D eigenvalue weighted by Crippen LogP contribution is 2.27. The van der Waals surface area contributed by atoms with Crippen molar-refractivity contribution in [2.24, 2.45) is 0 Å². The molecule has 0 atom stereocenters. The molecule has 33 heavy (non-hydrogen) atoms.